The second kappa shape index (κ2) is 9.10. The van der Waals surface area contributed by atoms with E-state index in [4.69, 9.17) is 9.47 Å². The third-order valence-electron chi connectivity index (χ3n) is 3.54. The van der Waals surface area contributed by atoms with Crippen molar-refractivity contribution in [2.75, 3.05) is 19.5 Å². The highest BCUT2D eigenvalue weighted by Gasteiger charge is 2.14. The van der Waals surface area contributed by atoms with E-state index in [9.17, 15) is 9.90 Å². The highest BCUT2D eigenvalue weighted by atomic mass is 79.9. The van der Waals surface area contributed by atoms with E-state index in [1.807, 2.05) is 18.2 Å². The number of hydrazone groups is 1. The first-order chi connectivity index (χ1) is 12.5. The molecule has 0 saturated carbocycles. The molecule has 0 spiro atoms. The second-order valence-electron chi connectivity index (χ2n) is 5.35. The third-order valence-corrected chi connectivity index (χ3v) is 4.00. The molecule has 1 amide bonds. The van der Waals surface area contributed by atoms with Crippen LogP contribution in [0.3, 0.4) is 0 Å². The van der Waals surface area contributed by atoms with E-state index < -0.39 is 6.04 Å². The summed E-state index contributed by atoms with van der Waals surface area (Å²) in [4.78, 5) is 12.2. The normalized spacial score (nSPS) is 11.8. The largest absolute Gasteiger partial charge is 0.504 e. The summed E-state index contributed by atoms with van der Waals surface area (Å²) in [5.74, 6) is 0.544. The molecule has 2 aromatic carbocycles. The monoisotopic (exact) mass is 421 g/mol. The van der Waals surface area contributed by atoms with E-state index in [1.165, 1.54) is 13.3 Å². The van der Waals surface area contributed by atoms with Gasteiger partial charge >= 0.3 is 0 Å². The van der Waals surface area contributed by atoms with Crippen LogP contribution in [0.25, 0.3) is 0 Å². The van der Waals surface area contributed by atoms with Crippen LogP contribution in [0.2, 0.25) is 0 Å². The molecule has 2 rings (SSSR count). The van der Waals surface area contributed by atoms with Crippen LogP contribution < -0.4 is 20.2 Å². The fourth-order valence-corrected chi connectivity index (χ4v) is 2.63. The first-order valence-electron chi connectivity index (χ1n) is 7.75. The van der Waals surface area contributed by atoms with Gasteiger partial charge in [0.05, 0.1) is 26.1 Å². The SMILES string of the molecule is COc1ccccc1NC(C)C(=O)NN=Cc1cc(Br)cc(OC)c1O. The van der Waals surface area contributed by atoms with Gasteiger partial charge in [0.1, 0.15) is 11.8 Å². The number of anilines is 1. The van der Waals surface area contributed by atoms with Crippen LogP contribution in [0.4, 0.5) is 5.69 Å². The molecular formula is C18H20BrN3O4. The van der Waals surface area contributed by atoms with Crippen molar-refractivity contribution in [3.05, 3.63) is 46.4 Å². The molecule has 0 heterocycles. The Hall–Kier alpha value is -2.74. The van der Waals surface area contributed by atoms with Crippen LogP contribution in [-0.4, -0.2) is 37.5 Å². The topological polar surface area (TPSA) is 92.2 Å². The van der Waals surface area contributed by atoms with Gasteiger partial charge in [0.15, 0.2) is 11.5 Å². The summed E-state index contributed by atoms with van der Waals surface area (Å²) in [6.07, 6.45) is 1.34. The zero-order valence-corrected chi connectivity index (χ0v) is 16.2. The van der Waals surface area contributed by atoms with Gasteiger partial charge in [-0.1, -0.05) is 28.1 Å². The third kappa shape index (κ3) is 4.89. The lowest BCUT2D eigenvalue weighted by Gasteiger charge is -2.15. The molecule has 0 aliphatic carbocycles. The van der Waals surface area contributed by atoms with Crippen LogP contribution in [0.5, 0.6) is 17.2 Å². The van der Waals surface area contributed by atoms with Crippen molar-refractivity contribution in [3.8, 4) is 17.2 Å². The molecule has 3 N–H and O–H groups in total. The number of carbonyl (C=O) groups is 1. The van der Waals surface area contributed by atoms with Gasteiger partial charge in [-0.25, -0.2) is 5.43 Å². The summed E-state index contributed by atoms with van der Waals surface area (Å²) in [6.45, 7) is 1.71. The van der Waals surface area contributed by atoms with E-state index >= 15 is 0 Å². The molecule has 0 aromatic heterocycles. The maximum atomic E-state index is 12.2. The van der Waals surface area contributed by atoms with Gasteiger partial charge in [0.25, 0.3) is 5.91 Å². The summed E-state index contributed by atoms with van der Waals surface area (Å²) in [5.41, 5.74) is 3.54. The lowest BCUT2D eigenvalue weighted by atomic mass is 10.2. The molecule has 1 atom stereocenters. The summed E-state index contributed by atoms with van der Waals surface area (Å²) >= 11 is 3.32. The molecule has 0 aliphatic rings. The lowest BCUT2D eigenvalue weighted by Crippen LogP contribution is -2.35. The molecule has 138 valence electrons. The van der Waals surface area contributed by atoms with E-state index in [-0.39, 0.29) is 11.7 Å². The number of amides is 1. The van der Waals surface area contributed by atoms with Gasteiger partial charge in [-0.2, -0.15) is 5.10 Å². The first kappa shape index (κ1) is 19.6. The number of hydrogen-bond acceptors (Lipinski definition) is 6. The van der Waals surface area contributed by atoms with Crippen molar-refractivity contribution in [1.82, 2.24) is 5.43 Å². The van der Waals surface area contributed by atoms with Crippen molar-refractivity contribution in [1.29, 1.82) is 0 Å². The minimum absolute atomic E-state index is 0.0612. The number of halogens is 1. The second-order valence-corrected chi connectivity index (χ2v) is 6.26. The van der Waals surface area contributed by atoms with Crippen molar-refractivity contribution < 1.29 is 19.4 Å². The number of nitrogens with zero attached hydrogens (tertiary/aromatic N) is 1. The number of methoxy groups -OCH3 is 2. The maximum Gasteiger partial charge on any atom is 0.262 e. The fraction of sp³-hybridized carbons (Fsp3) is 0.222. The van der Waals surface area contributed by atoms with E-state index in [0.29, 0.717) is 27.2 Å². The molecule has 0 fully saturated rings. The Bertz CT molecular complexity index is 811. The highest BCUT2D eigenvalue weighted by molar-refractivity contribution is 9.10. The number of ether oxygens (including phenoxy) is 2. The molecule has 26 heavy (non-hydrogen) atoms. The quantitative estimate of drug-likeness (QED) is 0.471. The van der Waals surface area contributed by atoms with Crippen molar-refractivity contribution in [2.45, 2.75) is 13.0 Å². The molecule has 7 nitrogen and oxygen atoms in total. The first-order valence-corrected chi connectivity index (χ1v) is 8.54. The van der Waals surface area contributed by atoms with E-state index in [0.717, 1.165) is 0 Å². The molecule has 2 aromatic rings. The van der Waals surface area contributed by atoms with Gasteiger partial charge in [-0.15, -0.1) is 0 Å². The molecule has 1 unspecified atom stereocenters. The van der Waals surface area contributed by atoms with Crippen molar-refractivity contribution in [2.24, 2.45) is 5.10 Å². The van der Waals surface area contributed by atoms with Crippen LogP contribution in [-0.2, 0) is 4.79 Å². The zero-order valence-electron chi connectivity index (χ0n) is 14.6. The highest BCUT2D eigenvalue weighted by Crippen LogP contribution is 2.32. The van der Waals surface area contributed by atoms with Crippen LogP contribution in [0.1, 0.15) is 12.5 Å². The number of para-hydroxylation sites is 2. The van der Waals surface area contributed by atoms with Gasteiger partial charge in [0.2, 0.25) is 0 Å². The van der Waals surface area contributed by atoms with Crippen molar-refractivity contribution in [3.63, 3.8) is 0 Å². The van der Waals surface area contributed by atoms with Crippen LogP contribution in [0, 0.1) is 0 Å². The number of carbonyl (C=O) groups excluding carboxylic acids is 1. The van der Waals surface area contributed by atoms with Gasteiger partial charge < -0.3 is 19.9 Å². The van der Waals surface area contributed by atoms with Crippen LogP contribution >= 0.6 is 15.9 Å². The minimum atomic E-state index is -0.547. The predicted molar refractivity (Wildman–Crippen MR) is 104 cm³/mol. The minimum Gasteiger partial charge on any atom is -0.504 e. The average Bonchev–Trinajstić information content (AvgIpc) is 2.64. The Kier molecular flexibility index (Phi) is 6.85. The smallest absolute Gasteiger partial charge is 0.262 e. The Morgan fingerprint density at radius 1 is 1.23 bits per heavy atom. The van der Waals surface area contributed by atoms with Gasteiger partial charge in [-0.3, -0.25) is 4.79 Å². The molecule has 0 bridgehead atoms. The maximum absolute atomic E-state index is 12.2. The standard InChI is InChI=1S/C18H20BrN3O4/c1-11(21-14-6-4-5-7-15(14)25-2)18(24)22-20-10-12-8-13(19)9-16(26-3)17(12)23/h4-11,21,23H,1-3H3,(H,22,24). The number of phenols is 1. The Morgan fingerprint density at radius 3 is 2.62 bits per heavy atom. The number of aromatic hydroxyl groups is 1. The van der Waals surface area contributed by atoms with Gasteiger partial charge in [-0.05, 0) is 31.2 Å². The van der Waals surface area contributed by atoms with Crippen LogP contribution in [0.15, 0.2) is 46.0 Å². The fourth-order valence-electron chi connectivity index (χ4n) is 2.17. The number of nitrogens with one attached hydrogen (secondary N) is 2. The molecule has 0 aliphatic heterocycles. The number of hydrogen-bond donors (Lipinski definition) is 3. The Balaban J connectivity index is 2.02. The van der Waals surface area contributed by atoms with Gasteiger partial charge in [0, 0.05) is 10.0 Å². The number of phenolic OH excluding ortho intramolecular Hbond substituents is 1. The zero-order chi connectivity index (χ0) is 19.1. The molecule has 0 radical (unpaired) electrons. The lowest BCUT2D eigenvalue weighted by molar-refractivity contribution is -0.121. The molecule has 0 saturated heterocycles. The Morgan fingerprint density at radius 2 is 1.92 bits per heavy atom. The molecular weight excluding hydrogens is 402 g/mol. The van der Waals surface area contributed by atoms with E-state index in [2.05, 4.69) is 31.8 Å². The summed E-state index contributed by atoms with van der Waals surface area (Å²) < 4.78 is 11.0. The van der Waals surface area contributed by atoms with Crippen molar-refractivity contribution >= 4 is 33.7 Å². The molecule has 8 heteroatoms. The number of rotatable bonds is 7. The average molecular weight is 422 g/mol. The Labute approximate surface area is 160 Å². The predicted octanol–water partition coefficient (Wildman–Crippen LogP) is 3.12. The van der Waals surface area contributed by atoms with E-state index in [1.54, 1.807) is 32.2 Å². The summed E-state index contributed by atoms with van der Waals surface area (Å²) in [5, 5.41) is 17.0. The summed E-state index contributed by atoms with van der Waals surface area (Å²) in [7, 11) is 3.02. The number of benzene rings is 2. The summed E-state index contributed by atoms with van der Waals surface area (Å²) in [6, 6.07) is 10.0.